The molecular formula is C19H19N3O3. The van der Waals surface area contributed by atoms with Crippen molar-refractivity contribution in [2.75, 3.05) is 21.3 Å². The average molecular weight is 337 g/mol. The molecule has 0 saturated carbocycles. The normalized spacial score (nSPS) is 10.5. The van der Waals surface area contributed by atoms with Gasteiger partial charge in [0.05, 0.1) is 31.9 Å². The van der Waals surface area contributed by atoms with Crippen molar-refractivity contribution in [1.82, 2.24) is 15.3 Å². The van der Waals surface area contributed by atoms with E-state index in [4.69, 9.17) is 9.47 Å². The van der Waals surface area contributed by atoms with Crippen LogP contribution in [-0.2, 0) is 11.2 Å². The second-order valence-corrected chi connectivity index (χ2v) is 5.53. The zero-order valence-corrected chi connectivity index (χ0v) is 14.4. The lowest BCUT2D eigenvalue weighted by Gasteiger charge is -2.10. The van der Waals surface area contributed by atoms with E-state index in [1.165, 1.54) is 0 Å². The lowest BCUT2D eigenvalue weighted by molar-refractivity contribution is -0.119. The number of hydrogen-bond donors (Lipinski definition) is 1. The average Bonchev–Trinajstić information content (AvgIpc) is 2.66. The first kappa shape index (κ1) is 16.7. The lowest BCUT2D eigenvalue weighted by atomic mass is 10.1. The molecule has 6 heteroatoms. The fourth-order valence-corrected chi connectivity index (χ4v) is 2.57. The van der Waals surface area contributed by atoms with Crippen LogP contribution in [0.4, 0.5) is 0 Å². The van der Waals surface area contributed by atoms with Gasteiger partial charge in [0.25, 0.3) is 0 Å². The van der Waals surface area contributed by atoms with Crippen LogP contribution in [0.25, 0.3) is 22.2 Å². The Morgan fingerprint density at radius 3 is 2.44 bits per heavy atom. The van der Waals surface area contributed by atoms with Gasteiger partial charge in [0, 0.05) is 36.5 Å². The molecule has 2 heterocycles. The van der Waals surface area contributed by atoms with Crippen molar-refractivity contribution >= 4 is 16.8 Å². The van der Waals surface area contributed by atoms with Crippen LogP contribution in [0.5, 0.6) is 11.5 Å². The van der Waals surface area contributed by atoms with Gasteiger partial charge in [-0.2, -0.15) is 0 Å². The second-order valence-electron chi connectivity index (χ2n) is 5.53. The van der Waals surface area contributed by atoms with Crippen LogP contribution in [0.3, 0.4) is 0 Å². The van der Waals surface area contributed by atoms with E-state index in [-0.39, 0.29) is 5.91 Å². The number of nitrogens with zero attached hydrogens (tertiary/aromatic N) is 2. The SMILES string of the molecule is CNC(=O)Cc1ccc(-c2cnc3cc(OC)c(OC)cc3c2)nc1. The highest BCUT2D eigenvalue weighted by atomic mass is 16.5. The van der Waals surface area contributed by atoms with Crippen LogP contribution in [-0.4, -0.2) is 37.1 Å². The molecule has 1 aromatic carbocycles. The molecule has 0 aliphatic rings. The molecule has 0 atom stereocenters. The van der Waals surface area contributed by atoms with E-state index in [1.807, 2.05) is 30.3 Å². The van der Waals surface area contributed by atoms with Gasteiger partial charge in [-0.3, -0.25) is 14.8 Å². The first-order valence-electron chi connectivity index (χ1n) is 7.82. The van der Waals surface area contributed by atoms with E-state index in [0.717, 1.165) is 27.7 Å². The highest BCUT2D eigenvalue weighted by Gasteiger charge is 2.09. The third-order valence-corrected chi connectivity index (χ3v) is 3.95. The summed E-state index contributed by atoms with van der Waals surface area (Å²) in [4.78, 5) is 20.4. The minimum Gasteiger partial charge on any atom is -0.493 e. The van der Waals surface area contributed by atoms with E-state index < -0.39 is 0 Å². The number of methoxy groups -OCH3 is 2. The van der Waals surface area contributed by atoms with E-state index in [9.17, 15) is 4.79 Å². The molecule has 1 N–H and O–H groups in total. The molecule has 0 bridgehead atoms. The number of aromatic nitrogens is 2. The molecular weight excluding hydrogens is 318 g/mol. The fraction of sp³-hybridized carbons (Fsp3) is 0.211. The maximum absolute atomic E-state index is 11.4. The van der Waals surface area contributed by atoms with Crippen molar-refractivity contribution < 1.29 is 14.3 Å². The van der Waals surface area contributed by atoms with Gasteiger partial charge in [-0.1, -0.05) is 6.07 Å². The molecule has 0 aliphatic carbocycles. The van der Waals surface area contributed by atoms with Crippen molar-refractivity contribution in [2.24, 2.45) is 0 Å². The standard InChI is InChI=1S/C19H19N3O3/c1-20-19(23)6-12-4-5-15(21-10-12)14-7-13-8-17(24-2)18(25-3)9-16(13)22-11-14/h4-5,7-11H,6H2,1-3H3,(H,20,23). The molecule has 0 aliphatic heterocycles. The molecule has 1 amide bonds. The summed E-state index contributed by atoms with van der Waals surface area (Å²) in [6, 6.07) is 9.53. The van der Waals surface area contributed by atoms with Crippen LogP contribution in [0.2, 0.25) is 0 Å². The van der Waals surface area contributed by atoms with Crippen molar-refractivity contribution in [3.63, 3.8) is 0 Å². The van der Waals surface area contributed by atoms with Crippen molar-refractivity contribution in [1.29, 1.82) is 0 Å². The summed E-state index contributed by atoms with van der Waals surface area (Å²) in [7, 11) is 4.82. The van der Waals surface area contributed by atoms with Gasteiger partial charge in [-0.25, -0.2) is 0 Å². The number of nitrogens with one attached hydrogen (secondary N) is 1. The molecule has 0 fully saturated rings. The number of carbonyl (C=O) groups is 1. The lowest BCUT2D eigenvalue weighted by Crippen LogP contribution is -2.19. The summed E-state index contributed by atoms with van der Waals surface area (Å²) < 4.78 is 10.7. The number of likely N-dealkylation sites (N-methyl/N-ethyl adjacent to an activating group) is 1. The third kappa shape index (κ3) is 3.52. The number of hydrogen-bond acceptors (Lipinski definition) is 5. The fourth-order valence-electron chi connectivity index (χ4n) is 2.57. The van der Waals surface area contributed by atoms with Crippen LogP contribution in [0.15, 0.2) is 42.7 Å². The summed E-state index contributed by atoms with van der Waals surface area (Å²) >= 11 is 0. The summed E-state index contributed by atoms with van der Waals surface area (Å²) in [5.74, 6) is 1.26. The molecule has 0 spiro atoms. The van der Waals surface area contributed by atoms with Gasteiger partial charge < -0.3 is 14.8 Å². The van der Waals surface area contributed by atoms with Gasteiger partial charge in [0.1, 0.15) is 0 Å². The number of rotatable bonds is 5. The van der Waals surface area contributed by atoms with Gasteiger partial charge >= 0.3 is 0 Å². The first-order chi connectivity index (χ1) is 12.1. The van der Waals surface area contributed by atoms with Gasteiger partial charge in [0.2, 0.25) is 5.91 Å². The minimum atomic E-state index is -0.0389. The van der Waals surface area contributed by atoms with E-state index >= 15 is 0 Å². The number of amides is 1. The molecule has 0 radical (unpaired) electrons. The smallest absolute Gasteiger partial charge is 0.224 e. The monoisotopic (exact) mass is 337 g/mol. The minimum absolute atomic E-state index is 0.0389. The van der Waals surface area contributed by atoms with Crippen molar-refractivity contribution in [3.8, 4) is 22.8 Å². The molecule has 0 unspecified atom stereocenters. The van der Waals surface area contributed by atoms with Gasteiger partial charge in [-0.05, 0) is 23.8 Å². The zero-order chi connectivity index (χ0) is 17.8. The highest BCUT2D eigenvalue weighted by molar-refractivity contribution is 5.86. The summed E-state index contributed by atoms with van der Waals surface area (Å²) in [5, 5.41) is 3.54. The molecule has 2 aromatic heterocycles. The Labute approximate surface area is 145 Å². The number of fused-ring (bicyclic) bond motifs is 1. The molecule has 128 valence electrons. The maximum Gasteiger partial charge on any atom is 0.224 e. The molecule has 0 saturated heterocycles. The predicted molar refractivity (Wildman–Crippen MR) is 95.8 cm³/mol. The Morgan fingerprint density at radius 2 is 1.80 bits per heavy atom. The molecule has 6 nitrogen and oxygen atoms in total. The van der Waals surface area contributed by atoms with Crippen molar-refractivity contribution in [3.05, 3.63) is 48.3 Å². The summed E-state index contributed by atoms with van der Waals surface area (Å²) in [6.45, 7) is 0. The van der Waals surface area contributed by atoms with Crippen LogP contribution >= 0.6 is 0 Å². The zero-order valence-electron chi connectivity index (χ0n) is 14.4. The summed E-state index contributed by atoms with van der Waals surface area (Å²) in [5.41, 5.74) is 3.37. The molecule has 3 aromatic rings. The van der Waals surface area contributed by atoms with Crippen LogP contribution < -0.4 is 14.8 Å². The Bertz CT molecular complexity index is 908. The number of pyridine rings is 2. The Hall–Kier alpha value is -3.15. The maximum atomic E-state index is 11.4. The summed E-state index contributed by atoms with van der Waals surface area (Å²) in [6.07, 6.45) is 3.80. The molecule has 25 heavy (non-hydrogen) atoms. The number of carbonyl (C=O) groups excluding carboxylic acids is 1. The van der Waals surface area contributed by atoms with E-state index in [1.54, 1.807) is 33.7 Å². The quantitative estimate of drug-likeness (QED) is 0.775. The second kappa shape index (κ2) is 7.17. The highest BCUT2D eigenvalue weighted by Crippen LogP contribution is 2.32. The van der Waals surface area contributed by atoms with Gasteiger partial charge in [-0.15, -0.1) is 0 Å². The Balaban J connectivity index is 1.94. The first-order valence-corrected chi connectivity index (χ1v) is 7.82. The third-order valence-electron chi connectivity index (χ3n) is 3.95. The van der Waals surface area contributed by atoms with Crippen molar-refractivity contribution in [2.45, 2.75) is 6.42 Å². The number of ether oxygens (including phenoxy) is 2. The topological polar surface area (TPSA) is 73.3 Å². The number of benzene rings is 1. The van der Waals surface area contributed by atoms with Crippen LogP contribution in [0, 0.1) is 0 Å². The van der Waals surface area contributed by atoms with E-state index in [2.05, 4.69) is 15.3 Å². The van der Waals surface area contributed by atoms with Crippen LogP contribution in [0.1, 0.15) is 5.56 Å². The Kier molecular flexibility index (Phi) is 4.79. The molecule has 3 rings (SSSR count). The predicted octanol–water partition coefficient (Wildman–Crippen LogP) is 2.60. The van der Waals surface area contributed by atoms with Gasteiger partial charge in [0.15, 0.2) is 11.5 Å². The largest absolute Gasteiger partial charge is 0.493 e. The Morgan fingerprint density at radius 1 is 1.04 bits per heavy atom. The van der Waals surface area contributed by atoms with E-state index in [0.29, 0.717) is 17.9 Å².